The van der Waals surface area contributed by atoms with Crippen LogP contribution in [0.4, 0.5) is 5.69 Å². The summed E-state index contributed by atoms with van der Waals surface area (Å²) in [6, 6.07) is 12.7. The second-order valence-corrected chi connectivity index (χ2v) is 8.49. The van der Waals surface area contributed by atoms with Gasteiger partial charge >= 0.3 is 0 Å². The number of anilines is 1. The second-order valence-electron chi connectivity index (χ2n) is 6.73. The number of amides is 1. The Labute approximate surface area is 195 Å². The Morgan fingerprint density at radius 3 is 2.74 bits per heavy atom. The summed E-state index contributed by atoms with van der Waals surface area (Å²) in [5.74, 6) is 1.18. The molecule has 2 aromatic carbocycles. The zero-order valence-electron chi connectivity index (χ0n) is 17.1. The Morgan fingerprint density at radius 1 is 1.26 bits per heavy atom. The number of para-hydroxylation sites is 1. The van der Waals surface area contributed by atoms with Gasteiger partial charge in [-0.15, -0.1) is 16.8 Å². The predicted octanol–water partition coefficient (Wildman–Crippen LogP) is 5.95. The SMILES string of the molecule is C=CCn1c(SCC(=O)Nc2ccc(C)c(Cl)c2)nnc1C(C)Oc1ccccc1Cl. The molecule has 0 aliphatic carbocycles. The van der Waals surface area contributed by atoms with E-state index in [-0.39, 0.29) is 11.7 Å². The van der Waals surface area contributed by atoms with Crippen molar-refractivity contribution in [3.8, 4) is 5.75 Å². The van der Waals surface area contributed by atoms with Crippen LogP contribution in [0.1, 0.15) is 24.4 Å². The largest absolute Gasteiger partial charge is 0.481 e. The van der Waals surface area contributed by atoms with E-state index in [0.29, 0.717) is 39.0 Å². The number of rotatable bonds is 9. The number of benzene rings is 2. The molecule has 1 atom stereocenters. The van der Waals surface area contributed by atoms with Gasteiger partial charge < -0.3 is 10.1 Å². The van der Waals surface area contributed by atoms with E-state index in [1.165, 1.54) is 11.8 Å². The summed E-state index contributed by atoms with van der Waals surface area (Å²) in [4.78, 5) is 12.4. The number of nitrogens with zero attached hydrogens (tertiary/aromatic N) is 3. The van der Waals surface area contributed by atoms with Crippen LogP contribution in [-0.2, 0) is 11.3 Å². The zero-order valence-corrected chi connectivity index (χ0v) is 19.5. The van der Waals surface area contributed by atoms with Crippen LogP contribution in [-0.4, -0.2) is 26.4 Å². The Kier molecular flexibility index (Phi) is 8.01. The molecule has 1 aromatic heterocycles. The number of allylic oxidation sites excluding steroid dienone is 1. The molecule has 6 nitrogen and oxygen atoms in total. The summed E-state index contributed by atoms with van der Waals surface area (Å²) in [5, 5.41) is 13.1. The maximum atomic E-state index is 12.4. The molecular weight excluding hydrogens is 455 g/mol. The first-order valence-electron chi connectivity index (χ1n) is 9.53. The number of aromatic nitrogens is 3. The number of halogens is 2. The molecule has 1 unspecified atom stereocenters. The quantitative estimate of drug-likeness (QED) is 0.305. The smallest absolute Gasteiger partial charge is 0.234 e. The summed E-state index contributed by atoms with van der Waals surface area (Å²) in [5.41, 5.74) is 1.60. The fourth-order valence-corrected chi connectivity index (χ4v) is 3.91. The summed E-state index contributed by atoms with van der Waals surface area (Å²) < 4.78 is 7.84. The number of carbonyl (C=O) groups excluding carboxylic acids is 1. The molecule has 0 saturated heterocycles. The molecule has 1 N–H and O–H groups in total. The third-order valence-electron chi connectivity index (χ3n) is 4.35. The zero-order chi connectivity index (χ0) is 22.4. The Hall–Kier alpha value is -2.48. The van der Waals surface area contributed by atoms with Gasteiger partial charge in [-0.25, -0.2) is 0 Å². The predicted molar refractivity (Wildman–Crippen MR) is 126 cm³/mol. The second kappa shape index (κ2) is 10.7. The van der Waals surface area contributed by atoms with Gasteiger partial charge in [-0.2, -0.15) is 0 Å². The van der Waals surface area contributed by atoms with Crippen LogP contribution in [0, 0.1) is 6.92 Å². The standard InChI is InChI=1S/C22H22Cl2N4O2S/c1-4-11-28-21(15(3)30-19-8-6-5-7-17(19)23)26-27-22(28)31-13-20(29)25-16-10-9-14(2)18(24)12-16/h4-10,12,15H,1,11,13H2,2-3H3,(H,25,29). The number of thioether (sulfide) groups is 1. The van der Waals surface area contributed by atoms with Gasteiger partial charge in [0.1, 0.15) is 5.75 Å². The molecule has 0 bridgehead atoms. The lowest BCUT2D eigenvalue weighted by molar-refractivity contribution is -0.113. The molecule has 0 spiro atoms. The lowest BCUT2D eigenvalue weighted by Crippen LogP contribution is -2.15. The van der Waals surface area contributed by atoms with Gasteiger partial charge in [0.25, 0.3) is 0 Å². The van der Waals surface area contributed by atoms with Crippen molar-refractivity contribution < 1.29 is 9.53 Å². The van der Waals surface area contributed by atoms with Crippen molar-refractivity contribution in [1.82, 2.24) is 14.8 Å². The molecule has 3 aromatic rings. The summed E-state index contributed by atoms with van der Waals surface area (Å²) >= 11 is 13.6. The van der Waals surface area contributed by atoms with Gasteiger partial charge in [0.2, 0.25) is 5.91 Å². The highest BCUT2D eigenvalue weighted by Crippen LogP contribution is 2.29. The van der Waals surface area contributed by atoms with Crippen molar-refractivity contribution in [2.24, 2.45) is 0 Å². The van der Waals surface area contributed by atoms with E-state index in [1.54, 1.807) is 24.3 Å². The normalized spacial score (nSPS) is 11.7. The molecule has 3 rings (SSSR count). The average molecular weight is 477 g/mol. The number of ether oxygens (including phenoxy) is 1. The van der Waals surface area contributed by atoms with E-state index in [2.05, 4.69) is 22.1 Å². The van der Waals surface area contributed by atoms with Crippen LogP contribution < -0.4 is 10.1 Å². The maximum Gasteiger partial charge on any atom is 0.234 e. The lowest BCUT2D eigenvalue weighted by atomic mass is 10.2. The van der Waals surface area contributed by atoms with Crippen molar-refractivity contribution >= 4 is 46.6 Å². The van der Waals surface area contributed by atoms with Crippen molar-refractivity contribution in [1.29, 1.82) is 0 Å². The topological polar surface area (TPSA) is 69.0 Å². The van der Waals surface area contributed by atoms with Crippen molar-refractivity contribution in [2.75, 3.05) is 11.1 Å². The van der Waals surface area contributed by atoms with Gasteiger partial charge in [-0.3, -0.25) is 9.36 Å². The first-order chi connectivity index (χ1) is 14.9. The Balaban J connectivity index is 1.68. The van der Waals surface area contributed by atoms with Gasteiger partial charge in [0.05, 0.1) is 10.8 Å². The molecule has 0 aliphatic heterocycles. The van der Waals surface area contributed by atoms with E-state index >= 15 is 0 Å². The highest BCUT2D eigenvalue weighted by Gasteiger charge is 2.20. The van der Waals surface area contributed by atoms with Crippen LogP contribution in [0.2, 0.25) is 10.0 Å². The third kappa shape index (κ3) is 6.03. The Morgan fingerprint density at radius 2 is 2.03 bits per heavy atom. The number of aryl methyl sites for hydroxylation is 1. The number of carbonyl (C=O) groups is 1. The molecule has 0 aliphatic rings. The van der Waals surface area contributed by atoms with Crippen molar-refractivity contribution in [2.45, 2.75) is 31.7 Å². The van der Waals surface area contributed by atoms with E-state index in [4.69, 9.17) is 27.9 Å². The summed E-state index contributed by atoms with van der Waals surface area (Å²) in [6.07, 6.45) is 1.35. The molecule has 0 radical (unpaired) electrons. The fourth-order valence-electron chi connectivity index (χ4n) is 2.79. The van der Waals surface area contributed by atoms with Crippen LogP contribution in [0.25, 0.3) is 0 Å². The first kappa shape index (κ1) is 23.2. The van der Waals surface area contributed by atoms with E-state index in [1.807, 2.05) is 42.7 Å². The van der Waals surface area contributed by atoms with Crippen LogP contribution >= 0.6 is 35.0 Å². The molecule has 0 fully saturated rings. The van der Waals surface area contributed by atoms with Gasteiger partial charge in [0.15, 0.2) is 17.1 Å². The van der Waals surface area contributed by atoms with Crippen LogP contribution in [0.15, 0.2) is 60.3 Å². The molecule has 9 heteroatoms. The van der Waals surface area contributed by atoms with Crippen LogP contribution in [0.5, 0.6) is 5.75 Å². The monoisotopic (exact) mass is 476 g/mol. The van der Waals surface area contributed by atoms with Gasteiger partial charge in [-0.1, -0.05) is 59.2 Å². The number of hydrogen-bond donors (Lipinski definition) is 1. The minimum absolute atomic E-state index is 0.167. The van der Waals surface area contributed by atoms with Crippen molar-refractivity contribution in [3.05, 3.63) is 76.6 Å². The average Bonchev–Trinajstić information content (AvgIpc) is 3.14. The number of hydrogen-bond acceptors (Lipinski definition) is 5. The molecule has 162 valence electrons. The van der Waals surface area contributed by atoms with E-state index in [0.717, 1.165) is 5.56 Å². The lowest BCUT2D eigenvalue weighted by Gasteiger charge is -2.16. The van der Waals surface area contributed by atoms with E-state index in [9.17, 15) is 4.79 Å². The van der Waals surface area contributed by atoms with Crippen molar-refractivity contribution in [3.63, 3.8) is 0 Å². The molecule has 1 heterocycles. The molecule has 31 heavy (non-hydrogen) atoms. The van der Waals surface area contributed by atoms with Crippen LogP contribution in [0.3, 0.4) is 0 Å². The maximum absolute atomic E-state index is 12.4. The first-order valence-corrected chi connectivity index (χ1v) is 11.3. The molecule has 1 amide bonds. The number of nitrogens with one attached hydrogen (secondary N) is 1. The van der Waals surface area contributed by atoms with E-state index < -0.39 is 6.10 Å². The summed E-state index contributed by atoms with van der Waals surface area (Å²) in [7, 11) is 0. The summed E-state index contributed by atoms with van der Waals surface area (Å²) in [6.45, 7) is 8.06. The van der Waals surface area contributed by atoms with Gasteiger partial charge in [0, 0.05) is 17.3 Å². The third-order valence-corrected chi connectivity index (χ3v) is 6.04. The highest BCUT2D eigenvalue weighted by atomic mass is 35.5. The minimum atomic E-state index is -0.398. The minimum Gasteiger partial charge on any atom is -0.481 e. The molecule has 0 saturated carbocycles. The van der Waals surface area contributed by atoms with Gasteiger partial charge in [-0.05, 0) is 43.7 Å². The Bertz CT molecular complexity index is 1090. The highest BCUT2D eigenvalue weighted by molar-refractivity contribution is 7.99. The fraction of sp³-hybridized carbons (Fsp3) is 0.227. The molecular formula is C22H22Cl2N4O2S.